The zero-order valence-corrected chi connectivity index (χ0v) is 18.5. The molecule has 2 saturated heterocycles. The molecule has 0 saturated carbocycles. The number of imidazole rings is 1. The van der Waals surface area contributed by atoms with Crippen molar-refractivity contribution in [2.24, 2.45) is 0 Å². The highest BCUT2D eigenvalue weighted by molar-refractivity contribution is 5.76. The fraction of sp³-hybridized carbons (Fsp3) is 0.400. The first-order chi connectivity index (χ1) is 16.1. The number of likely N-dealkylation sites (tertiary alicyclic amines) is 1. The number of rotatable bonds is 6. The van der Waals surface area contributed by atoms with Crippen LogP contribution in [0.4, 0.5) is 0 Å². The van der Waals surface area contributed by atoms with Gasteiger partial charge in [0.2, 0.25) is 5.88 Å². The highest BCUT2D eigenvalue weighted by atomic mass is 16.5. The van der Waals surface area contributed by atoms with E-state index in [9.17, 15) is 14.7 Å². The van der Waals surface area contributed by atoms with Gasteiger partial charge in [-0.2, -0.15) is 0 Å². The summed E-state index contributed by atoms with van der Waals surface area (Å²) in [5.41, 5.74) is 3.51. The SMILES string of the molecule is O=C1OCCC1n1c(O)cn(Cc2ccc(-c3cccc(CN4CCCCC4)n3)cc2)c1=O. The molecule has 1 atom stereocenters. The number of ether oxygens (including phenoxy) is 1. The van der Waals surface area contributed by atoms with Gasteiger partial charge in [-0.3, -0.25) is 14.5 Å². The number of hydrogen-bond donors (Lipinski definition) is 1. The Hall–Kier alpha value is -3.39. The lowest BCUT2D eigenvalue weighted by molar-refractivity contribution is -0.140. The van der Waals surface area contributed by atoms with Crippen LogP contribution in [0.1, 0.15) is 43.0 Å². The fourth-order valence-corrected chi connectivity index (χ4v) is 4.67. The summed E-state index contributed by atoms with van der Waals surface area (Å²) in [5.74, 6) is -0.709. The van der Waals surface area contributed by atoms with Crippen LogP contribution in [-0.4, -0.2) is 49.8 Å². The smallest absolute Gasteiger partial charge is 0.332 e. The maximum atomic E-state index is 12.8. The van der Waals surface area contributed by atoms with Crippen molar-refractivity contribution in [1.82, 2.24) is 19.0 Å². The maximum Gasteiger partial charge on any atom is 0.332 e. The molecule has 0 amide bonds. The van der Waals surface area contributed by atoms with Crippen molar-refractivity contribution in [3.63, 3.8) is 0 Å². The minimum Gasteiger partial charge on any atom is -0.493 e. The van der Waals surface area contributed by atoms with Crippen molar-refractivity contribution in [1.29, 1.82) is 0 Å². The first-order valence-corrected chi connectivity index (χ1v) is 11.5. The molecule has 1 unspecified atom stereocenters. The molecule has 8 heteroatoms. The summed E-state index contributed by atoms with van der Waals surface area (Å²) in [6.45, 7) is 3.71. The van der Waals surface area contributed by atoms with Crippen molar-refractivity contribution in [2.75, 3.05) is 19.7 Å². The Morgan fingerprint density at radius 1 is 1.00 bits per heavy atom. The van der Waals surface area contributed by atoms with Crippen LogP contribution in [-0.2, 0) is 22.6 Å². The Morgan fingerprint density at radius 2 is 1.79 bits per heavy atom. The molecule has 2 aliphatic heterocycles. The van der Waals surface area contributed by atoms with Crippen LogP contribution in [0, 0.1) is 0 Å². The predicted octanol–water partition coefficient (Wildman–Crippen LogP) is 2.94. The summed E-state index contributed by atoms with van der Waals surface area (Å²) in [5, 5.41) is 10.2. The molecule has 3 aromatic rings. The highest BCUT2D eigenvalue weighted by Crippen LogP contribution is 2.24. The lowest BCUT2D eigenvalue weighted by Crippen LogP contribution is -2.29. The molecule has 5 rings (SSSR count). The number of aromatic nitrogens is 3. The second-order valence-electron chi connectivity index (χ2n) is 8.79. The Morgan fingerprint density at radius 3 is 2.52 bits per heavy atom. The summed E-state index contributed by atoms with van der Waals surface area (Å²) < 4.78 is 7.46. The van der Waals surface area contributed by atoms with Gasteiger partial charge >= 0.3 is 11.7 Å². The average Bonchev–Trinajstić information content (AvgIpc) is 3.36. The minimum absolute atomic E-state index is 0.227. The van der Waals surface area contributed by atoms with Gasteiger partial charge in [-0.05, 0) is 43.6 Å². The molecule has 1 aromatic carbocycles. The molecular weight excluding hydrogens is 420 g/mol. The van der Waals surface area contributed by atoms with Crippen LogP contribution in [0.15, 0.2) is 53.5 Å². The van der Waals surface area contributed by atoms with Crippen LogP contribution >= 0.6 is 0 Å². The minimum atomic E-state index is -0.760. The van der Waals surface area contributed by atoms with Gasteiger partial charge in [0, 0.05) is 18.5 Å². The zero-order chi connectivity index (χ0) is 22.8. The number of carbonyl (C=O) groups is 1. The number of benzene rings is 1. The van der Waals surface area contributed by atoms with Crippen molar-refractivity contribution in [3.05, 3.63) is 70.4 Å². The molecule has 2 aromatic heterocycles. The van der Waals surface area contributed by atoms with E-state index in [-0.39, 0.29) is 12.5 Å². The van der Waals surface area contributed by atoms with Crippen LogP contribution in [0.2, 0.25) is 0 Å². The van der Waals surface area contributed by atoms with Gasteiger partial charge < -0.3 is 9.84 Å². The van der Waals surface area contributed by atoms with Gasteiger partial charge in [-0.15, -0.1) is 0 Å². The fourth-order valence-electron chi connectivity index (χ4n) is 4.67. The van der Waals surface area contributed by atoms with Crippen LogP contribution < -0.4 is 5.69 Å². The number of piperidine rings is 1. The van der Waals surface area contributed by atoms with Crippen molar-refractivity contribution in [2.45, 2.75) is 44.8 Å². The third-order valence-corrected chi connectivity index (χ3v) is 6.43. The number of carbonyl (C=O) groups excluding carboxylic acids is 1. The van der Waals surface area contributed by atoms with Gasteiger partial charge in [0.25, 0.3) is 0 Å². The number of hydrogen-bond acceptors (Lipinski definition) is 6. The maximum absolute atomic E-state index is 12.8. The van der Waals surface area contributed by atoms with Crippen molar-refractivity contribution < 1.29 is 14.6 Å². The third-order valence-electron chi connectivity index (χ3n) is 6.43. The van der Waals surface area contributed by atoms with E-state index in [0.717, 1.165) is 46.7 Å². The molecule has 172 valence electrons. The normalized spacial score (nSPS) is 19.0. The molecule has 1 N–H and O–H groups in total. The van der Waals surface area contributed by atoms with E-state index < -0.39 is 17.7 Å². The zero-order valence-electron chi connectivity index (χ0n) is 18.5. The van der Waals surface area contributed by atoms with Gasteiger partial charge in [0.1, 0.15) is 6.04 Å². The largest absolute Gasteiger partial charge is 0.493 e. The van der Waals surface area contributed by atoms with E-state index >= 15 is 0 Å². The van der Waals surface area contributed by atoms with E-state index in [1.54, 1.807) is 0 Å². The molecule has 0 spiro atoms. The molecule has 33 heavy (non-hydrogen) atoms. The lowest BCUT2D eigenvalue weighted by atomic mass is 10.1. The molecule has 0 aliphatic carbocycles. The molecule has 4 heterocycles. The average molecular weight is 449 g/mol. The molecule has 0 bridgehead atoms. The van der Waals surface area contributed by atoms with Gasteiger partial charge in [-0.1, -0.05) is 36.8 Å². The third kappa shape index (κ3) is 4.57. The summed E-state index contributed by atoms with van der Waals surface area (Å²) in [7, 11) is 0. The molecule has 2 fully saturated rings. The quantitative estimate of drug-likeness (QED) is 0.583. The lowest BCUT2D eigenvalue weighted by Gasteiger charge is -2.26. The summed E-state index contributed by atoms with van der Waals surface area (Å²) >= 11 is 0. The van der Waals surface area contributed by atoms with Crippen molar-refractivity contribution in [3.8, 4) is 17.1 Å². The first-order valence-electron chi connectivity index (χ1n) is 11.5. The monoisotopic (exact) mass is 448 g/mol. The summed E-state index contributed by atoms with van der Waals surface area (Å²) in [6.07, 6.45) is 5.59. The van der Waals surface area contributed by atoms with Gasteiger partial charge in [-0.25, -0.2) is 14.2 Å². The van der Waals surface area contributed by atoms with E-state index in [1.165, 1.54) is 30.0 Å². The number of esters is 1. The second-order valence-corrected chi connectivity index (χ2v) is 8.79. The number of aromatic hydroxyl groups is 1. The molecule has 2 aliphatic rings. The Labute approximate surface area is 192 Å². The molecular formula is C25H28N4O4. The summed E-state index contributed by atoms with van der Waals surface area (Å²) in [6, 6.07) is 13.3. The first kappa shape index (κ1) is 21.5. The van der Waals surface area contributed by atoms with E-state index in [2.05, 4.69) is 17.0 Å². The summed E-state index contributed by atoms with van der Waals surface area (Å²) in [4.78, 5) is 31.9. The topological polar surface area (TPSA) is 89.6 Å². The van der Waals surface area contributed by atoms with E-state index in [1.807, 2.05) is 30.3 Å². The van der Waals surface area contributed by atoms with Crippen LogP contribution in [0.3, 0.4) is 0 Å². The van der Waals surface area contributed by atoms with Gasteiger partial charge in [0.15, 0.2) is 0 Å². The van der Waals surface area contributed by atoms with Crippen LogP contribution in [0.25, 0.3) is 11.3 Å². The highest BCUT2D eigenvalue weighted by Gasteiger charge is 2.32. The Kier molecular flexibility index (Phi) is 6.00. The number of pyridine rings is 1. The van der Waals surface area contributed by atoms with E-state index in [4.69, 9.17) is 9.72 Å². The Bertz CT molecular complexity index is 1190. The number of nitrogens with zero attached hydrogens (tertiary/aromatic N) is 4. The van der Waals surface area contributed by atoms with E-state index in [0.29, 0.717) is 13.0 Å². The van der Waals surface area contributed by atoms with Crippen LogP contribution in [0.5, 0.6) is 5.88 Å². The van der Waals surface area contributed by atoms with Gasteiger partial charge in [0.05, 0.1) is 30.7 Å². The van der Waals surface area contributed by atoms with Crippen molar-refractivity contribution >= 4 is 5.97 Å². The number of cyclic esters (lactones) is 1. The second kappa shape index (κ2) is 9.23. The standard InChI is InChI=1S/C25H28N4O4/c30-23-17-28(25(32)29(23)22-11-14-33-24(22)31)15-18-7-9-19(10-8-18)21-6-4-5-20(26-21)16-27-12-2-1-3-13-27/h4-10,17,22,30H,1-3,11-16H2. The Balaban J connectivity index is 1.30. The molecule has 8 nitrogen and oxygen atoms in total. The predicted molar refractivity (Wildman–Crippen MR) is 123 cm³/mol. The molecule has 0 radical (unpaired) electrons.